The average Bonchev–Trinajstić information content (AvgIpc) is 3.43. The molecule has 2 amide bonds. The molecule has 146 valence electrons. The van der Waals surface area contributed by atoms with E-state index < -0.39 is 0 Å². The highest BCUT2D eigenvalue weighted by molar-refractivity contribution is 6.04. The molecule has 6 heteroatoms. The maximum Gasteiger partial charge on any atom is 0.274 e. The third kappa shape index (κ3) is 4.32. The number of pyridine rings is 1. The van der Waals surface area contributed by atoms with Gasteiger partial charge in [-0.1, -0.05) is 18.9 Å². The van der Waals surface area contributed by atoms with Crippen LogP contribution in [0.25, 0.3) is 0 Å². The Bertz CT molecular complexity index is 838. The maximum absolute atomic E-state index is 12.6. The SMILES string of the molecule is O=C(Nc1ccc(N2CCCC2)cc1)c1cccc(C(=O)NC2CCCC2)n1. The Hall–Kier alpha value is -2.89. The summed E-state index contributed by atoms with van der Waals surface area (Å²) < 4.78 is 0. The van der Waals surface area contributed by atoms with Crippen LogP contribution in [0.15, 0.2) is 42.5 Å². The zero-order chi connectivity index (χ0) is 19.3. The van der Waals surface area contributed by atoms with E-state index in [1.165, 1.54) is 18.5 Å². The standard InChI is InChI=1S/C22H26N4O2/c27-21(23-16-6-1-2-7-16)19-8-5-9-20(25-19)22(28)24-17-10-12-18(13-11-17)26-14-3-4-15-26/h5,8-13,16H,1-4,6-7,14-15H2,(H,23,27)(H,24,28). The molecule has 2 heterocycles. The highest BCUT2D eigenvalue weighted by Gasteiger charge is 2.19. The summed E-state index contributed by atoms with van der Waals surface area (Å²) in [5, 5.41) is 5.87. The van der Waals surface area contributed by atoms with E-state index in [-0.39, 0.29) is 29.2 Å². The lowest BCUT2D eigenvalue weighted by molar-refractivity contribution is 0.0932. The molecule has 6 nitrogen and oxygen atoms in total. The van der Waals surface area contributed by atoms with Gasteiger partial charge < -0.3 is 15.5 Å². The van der Waals surface area contributed by atoms with Gasteiger partial charge in [0.15, 0.2) is 0 Å². The summed E-state index contributed by atoms with van der Waals surface area (Å²) in [4.78, 5) is 31.6. The lowest BCUT2D eigenvalue weighted by Gasteiger charge is -2.17. The lowest BCUT2D eigenvalue weighted by Crippen LogP contribution is -2.33. The molecular formula is C22H26N4O2. The molecule has 0 atom stereocenters. The molecule has 1 aliphatic carbocycles. The van der Waals surface area contributed by atoms with Crippen LogP contribution in [-0.4, -0.2) is 35.9 Å². The zero-order valence-corrected chi connectivity index (χ0v) is 16.0. The zero-order valence-electron chi connectivity index (χ0n) is 16.0. The average molecular weight is 378 g/mol. The van der Waals surface area contributed by atoms with Gasteiger partial charge in [0, 0.05) is 30.5 Å². The summed E-state index contributed by atoms with van der Waals surface area (Å²) in [7, 11) is 0. The van der Waals surface area contributed by atoms with Crippen LogP contribution >= 0.6 is 0 Å². The number of nitrogens with zero attached hydrogens (tertiary/aromatic N) is 2. The smallest absolute Gasteiger partial charge is 0.274 e. The molecule has 2 fully saturated rings. The van der Waals surface area contributed by atoms with Crippen molar-refractivity contribution >= 4 is 23.2 Å². The number of hydrogen-bond acceptors (Lipinski definition) is 4. The van der Waals surface area contributed by atoms with E-state index in [1.807, 2.05) is 24.3 Å². The van der Waals surface area contributed by atoms with E-state index in [0.717, 1.165) is 44.5 Å². The molecule has 1 saturated carbocycles. The first-order valence-electron chi connectivity index (χ1n) is 10.1. The fourth-order valence-corrected chi connectivity index (χ4v) is 3.94. The second-order valence-corrected chi connectivity index (χ2v) is 7.56. The fraction of sp³-hybridized carbons (Fsp3) is 0.409. The number of nitrogens with one attached hydrogen (secondary N) is 2. The van der Waals surface area contributed by atoms with E-state index in [4.69, 9.17) is 0 Å². The summed E-state index contributed by atoms with van der Waals surface area (Å²) in [5.74, 6) is -0.527. The monoisotopic (exact) mass is 378 g/mol. The number of benzene rings is 1. The molecule has 1 aromatic carbocycles. The van der Waals surface area contributed by atoms with Crippen molar-refractivity contribution in [2.75, 3.05) is 23.3 Å². The minimum absolute atomic E-state index is 0.212. The molecule has 28 heavy (non-hydrogen) atoms. The third-order valence-electron chi connectivity index (χ3n) is 5.50. The molecule has 2 N–H and O–H groups in total. The normalized spacial score (nSPS) is 16.9. The first-order chi connectivity index (χ1) is 13.7. The number of carbonyl (C=O) groups excluding carboxylic acids is 2. The molecule has 0 unspecified atom stereocenters. The van der Waals surface area contributed by atoms with Gasteiger partial charge in [0.1, 0.15) is 11.4 Å². The van der Waals surface area contributed by atoms with Gasteiger partial charge in [-0.2, -0.15) is 0 Å². The summed E-state index contributed by atoms with van der Waals surface area (Å²) in [6.07, 6.45) is 6.79. The predicted molar refractivity (Wildman–Crippen MR) is 110 cm³/mol. The minimum atomic E-state index is -0.315. The molecule has 0 spiro atoms. The van der Waals surface area contributed by atoms with Gasteiger partial charge in [-0.3, -0.25) is 9.59 Å². The molecule has 0 radical (unpaired) electrons. The van der Waals surface area contributed by atoms with Crippen molar-refractivity contribution < 1.29 is 9.59 Å². The van der Waals surface area contributed by atoms with E-state index in [2.05, 4.69) is 20.5 Å². The van der Waals surface area contributed by atoms with Crippen molar-refractivity contribution in [3.63, 3.8) is 0 Å². The molecule has 4 rings (SSSR count). The first kappa shape index (κ1) is 18.5. The van der Waals surface area contributed by atoms with Crippen LogP contribution < -0.4 is 15.5 Å². The van der Waals surface area contributed by atoms with E-state index in [9.17, 15) is 9.59 Å². The van der Waals surface area contributed by atoms with Gasteiger partial charge in [-0.25, -0.2) is 4.98 Å². The second-order valence-electron chi connectivity index (χ2n) is 7.56. The Morgan fingerprint density at radius 3 is 2.18 bits per heavy atom. The second kappa shape index (κ2) is 8.42. The van der Waals surface area contributed by atoms with Crippen LogP contribution in [0.2, 0.25) is 0 Å². The first-order valence-corrected chi connectivity index (χ1v) is 10.1. The van der Waals surface area contributed by atoms with Gasteiger partial charge in [0.2, 0.25) is 0 Å². The maximum atomic E-state index is 12.6. The Labute approximate surface area is 165 Å². The quantitative estimate of drug-likeness (QED) is 0.834. The van der Waals surface area contributed by atoms with Crippen LogP contribution in [0.1, 0.15) is 59.5 Å². The Morgan fingerprint density at radius 1 is 0.857 bits per heavy atom. The Morgan fingerprint density at radius 2 is 1.50 bits per heavy atom. The van der Waals surface area contributed by atoms with Gasteiger partial charge in [0.05, 0.1) is 0 Å². The van der Waals surface area contributed by atoms with Gasteiger partial charge >= 0.3 is 0 Å². The number of aromatic nitrogens is 1. The summed E-state index contributed by atoms with van der Waals surface area (Å²) in [6.45, 7) is 2.18. The van der Waals surface area contributed by atoms with Crippen LogP contribution in [0, 0.1) is 0 Å². The van der Waals surface area contributed by atoms with Crippen LogP contribution in [0.3, 0.4) is 0 Å². The van der Waals surface area contributed by atoms with Gasteiger partial charge in [-0.15, -0.1) is 0 Å². The van der Waals surface area contributed by atoms with Crippen molar-refractivity contribution in [2.24, 2.45) is 0 Å². The number of anilines is 2. The van der Waals surface area contributed by atoms with E-state index in [0.29, 0.717) is 0 Å². The van der Waals surface area contributed by atoms with Crippen molar-refractivity contribution in [3.8, 4) is 0 Å². The van der Waals surface area contributed by atoms with Crippen molar-refractivity contribution in [1.82, 2.24) is 10.3 Å². The van der Waals surface area contributed by atoms with E-state index in [1.54, 1.807) is 18.2 Å². The number of rotatable bonds is 5. The van der Waals surface area contributed by atoms with Gasteiger partial charge in [-0.05, 0) is 62.1 Å². The molecule has 0 bridgehead atoms. The van der Waals surface area contributed by atoms with Crippen LogP contribution in [0.5, 0.6) is 0 Å². The topological polar surface area (TPSA) is 74.3 Å². The highest BCUT2D eigenvalue weighted by Crippen LogP contribution is 2.22. The third-order valence-corrected chi connectivity index (χ3v) is 5.50. The summed E-state index contributed by atoms with van der Waals surface area (Å²) in [5.41, 5.74) is 2.42. The molecular weight excluding hydrogens is 352 g/mol. The van der Waals surface area contributed by atoms with Gasteiger partial charge in [0.25, 0.3) is 11.8 Å². The molecule has 1 aromatic heterocycles. The largest absolute Gasteiger partial charge is 0.372 e. The molecule has 2 aromatic rings. The molecule has 1 saturated heterocycles. The molecule has 1 aliphatic heterocycles. The van der Waals surface area contributed by atoms with Crippen molar-refractivity contribution in [3.05, 3.63) is 53.9 Å². The fourth-order valence-electron chi connectivity index (χ4n) is 3.94. The molecule has 2 aliphatic rings. The number of carbonyl (C=O) groups is 2. The van der Waals surface area contributed by atoms with Crippen LogP contribution in [0.4, 0.5) is 11.4 Å². The lowest BCUT2D eigenvalue weighted by atomic mass is 10.2. The van der Waals surface area contributed by atoms with E-state index >= 15 is 0 Å². The summed E-state index contributed by atoms with van der Waals surface area (Å²) >= 11 is 0. The number of amides is 2. The minimum Gasteiger partial charge on any atom is -0.372 e. The number of hydrogen-bond donors (Lipinski definition) is 2. The van der Waals surface area contributed by atoms with Crippen LogP contribution in [-0.2, 0) is 0 Å². The Balaban J connectivity index is 1.39. The Kier molecular flexibility index (Phi) is 5.55. The summed E-state index contributed by atoms with van der Waals surface area (Å²) in [6, 6.07) is 13.1. The van der Waals surface area contributed by atoms with Crippen molar-refractivity contribution in [2.45, 2.75) is 44.6 Å². The highest BCUT2D eigenvalue weighted by atomic mass is 16.2. The van der Waals surface area contributed by atoms with Crippen molar-refractivity contribution in [1.29, 1.82) is 0 Å². The predicted octanol–water partition coefficient (Wildman–Crippen LogP) is 3.61.